The van der Waals surface area contributed by atoms with Gasteiger partial charge in [-0.05, 0) is 60.9 Å². The smallest absolute Gasteiger partial charge is 0.227 e. The molecule has 5 rings (SSSR count). The van der Waals surface area contributed by atoms with E-state index in [4.69, 9.17) is 0 Å². The summed E-state index contributed by atoms with van der Waals surface area (Å²) in [7, 11) is -3.30. The molecule has 5 nitrogen and oxygen atoms in total. The summed E-state index contributed by atoms with van der Waals surface area (Å²) in [6.45, 7) is 3.59. The minimum Gasteiger partial charge on any atom is -0.317 e. The zero-order chi connectivity index (χ0) is 19.8. The lowest BCUT2D eigenvalue weighted by Gasteiger charge is -2.28. The van der Waals surface area contributed by atoms with Crippen molar-refractivity contribution in [3.63, 3.8) is 0 Å². The Balaban J connectivity index is 1.39. The predicted octanol–water partition coefficient (Wildman–Crippen LogP) is 4.27. The molecule has 0 bridgehead atoms. The second-order valence-corrected chi connectivity index (χ2v) is 12.1. The maximum atomic E-state index is 13.1. The van der Waals surface area contributed by atoms with Crippen LogP contribution in [0.15, 0.2) is 22.8 Å². The molecule has 0 radical (unpaired) electrons. The first-order valence-electron chi connectivity index (χ1n) is 11.1. The van der Waals surface area contributed by atoms with Crippen LogP contribution in [0.3, 0.4) is 0 Å². The Labute approximate surface area is 178 Å². The van der Waals surface area contributed by atoms with Gasteiger partial charge in [0.25, 0.3) is 0 Å². The minimum absolute atomic E-state index is 0.274. The topological polar surface area (TPSA) is 55.2 Å². The fraction of sp³-hybridized carbons (Fsp3) is 0.682. The minimum atomic E-state index is -3.30. The molecule has 0 atom stereocenters. The summed E-state index contributed by atoms with van der Waals surface area (Å²) in [5.41, 5.74) is 2.50. The molecule has 2 fully saturated rings. The van der Waals surface area contributed by atoms with Gasteiger partial charge in [-0.2, -0.15) is 0 Å². The average molecular weight is 434 g/mol. The van der Waals surface area contributed by atoms with Crippen molar-refractivity contribution < 1.29 is 8.42 Å². The first kappa shape index (κ1) is 19.8. The number of rotatable bonds is 7. The normalized spacial score (nSPS) is 21.4. The van der Waals surface area contributed by atoms with Crippen LogP contribution < -0.4 is 0 Å². The quantitative estimate of drug-likeness (QED) is 0.654. The highest BCUT2D eigenvalue weighted by molar-refractivity contribution is 7.91. The molecule has 1 aliphatic heterocycles. The van der Waals surface area contributed by atoms with Crippen LogP contribution in [0.25, 0.3) is 0 Å². The van der Waals surface area contributed by atoms with Gasteiger partial charge in [-0.3, -0.25) is 4.90 Å². The van der Waals surface area contributed by atoms with Crippen molar-refractivity contribution in [3.05, 3.63) is 33.8 Å². The van der Waals surface area contributed by atoms with E-state index in [0.29, 0.717) is 17.0 Å². The second-order valence-electron chi connectivity index (χ2n) is 9.20. The predicted molar refractivity (Wildman–Crippen MR) is 116 cm³/mol. The third-order valence-electron chi connectivity index (χ3n) is 6.77. The van der Waals surface area contributed by atoms with E-state index < -0.39 is 9.84 Å². The van der Waals surface area contributed by atoms with Gasteiger partial charge in [0.05, 0.1) is 17.6 Å². The fourth-order valence-electron chi connectivity index (χ4n) is 4.93. The van der Waals surface area contributed by atoms with Crippen LogP contribution in [0.5, 0.6) is 0 Å². The molecule has 2 aromatic heterocycles. The molecular weight excluding hydrogens is 402 g/mol. The number of aromatic nitrogens is 2. The first-order valence-corrected chi connectivity index (χ1v) is 13.7. The van der Waals surface area contributed by atoms with Crippen molar-refractivity contribution in [1.29, 1.82) is 0 Å². The molecule has 0 amide bonds. The SMILES string of the molecule is O=S(=O)(CC1CC1)c1ncc(CN2CCc3sccc3C2)n1CC1CCCCC1. The summed E-state index contributed by atoms with van der Waals surface area (Å²) in [5.74, 6) is 1.20. The van der Waals surface area contributed by atoms with Gasteiger partial charge in [-0.25, -0.2) is 13.4 Å². The van der Waals surface area contributed by atoms with E-state index in [0.717, 1.165) is 51.1 Å². The Morgan fingerprint density at radius 1 is 1.10 bits per heavy atom. The van der Waals surface area contributed by atoms with Crippen LogP contribution in [0.1, 0.15) is 61.1 Å². The highest BCUT2D eigenvalue weighted by atomic mass is 32.2. The highest BCUT2D eigenvalue weighted by Gasteiger charge is 2.33. The summed E-state index contributed by atoms with van der Waals surface area (Å²) in [4.78, 5) is 8.43. The van der Waals surface area contributed by atoms with Crippen molar-refractivity contribution >= 4 is 21.2 Å². The molecule has 7 heteroatoms. The highest BCUT2D eigenvalue weighted by Crippen LogP contribution is 2.33. The van der Waals surface area contributed by atoms with Gasteiger partial charge in [0.1, 0.15) is 0 Å². The van der Waals surface area contributed by atoms with Crippen molar-refractivity contribution in [2.45, 2.75) is 76.2 Å². The number of fused-ring (bicyclic) bond motifs is 1. The van der Waals surface area contributed by atoms with Crippen molar-refractivity contribution in [3.8, 4) is 0 Å². The largest absolute Gasteiger partial charge is 0.317 e. The van der Waals surface area contributed by atoms with Gasteiger partial charge >= 0.3 is 0 Å². The van der Waals surface area contributed by atoms with E-state index >= 15 is 0 Å². The van der Waals surface area contributed by atoms with E-state index in [-0.39, 0.29) is 5.75 Å². The monoisotopic (exact) mass is 433 g/mol. The van der Waals surface area contributed by atoms with Gasteiger partial charge in [-0.1, -0.05) is 19.3 Å². The van der Waals surface area contributed by atoms with E-state index in [1.54, 1.807) is 0 Å². The molecule has 2 aromatic rings. The van der Waals surface area contributed by atoms with Crippen LogP contribution in [-0.4, -0.2) is 35.2 Å². The van der Waals surface area contributed by atoms with E-state index in [9.17, 15) is 8.42 Å². The maximum Gasteiger partial charge on any atom is 0.227 e. The number of sulfone groups is 1. The van der Waals surface area contributed by atoms with Crippen molar-refractivity contribution in [2.75, 3.05) is 12.3 Å². The van der Waals surface area contributed by atoms with Crippen molar-refractivity contribution in [1.82, 2.24) is 14.5 Å². The molecule has 2 aliphatic carbocycles. The summed E-state index contributed by atoms with van der Waals surface area (Å²) in [5, 5.41) is 2.52. The molecule has 158 valence electrons. The number of hydrogen-bond donors (Lipinski definition) is 0. The lowest BCUT2D eigenvalue weighted by Crippen LogP contribution is -2.31. The molecular formula is C22H31N3O2S2. The standard InChI is InChI=1S/C22H31N3O2S2/c26-29(27,16-18-6-7-18)22-23-12-20(25(22)13-17-4-2-1-3-5-17)15-24-10-8-21-19(14-24)9-11-28-21/h9,11-12,17-18H,1-8,10,13-16H2. The van der Waals surface area contributed by atoms with E-state index in [2.05, 4.69) is 25.9 Å². The zero-order valence-electron chi connectivity index (χ0n) is 17.1. The van der Waals surface area contributed by atoms with Crippen LogP contribution in [0, 0.1) is 11.8 Å². The molecule has 0 unspecified atom stereocenters. The number of imidazole rings is 1. The Morgan fingerprint density at radius 2 is 1.93 bits per heavy atom. The molecule has 3 heterocycles. The van der Waals surface area contributed by atoms with Crippen LogP contribution in [0.2, 0.25) is 0 Å². The molecule has 0 spiro atoms. The molecule has 0 saturated heterocycles. The molecule has 2 saturated carbocycles. The Hall–Kier alpha value is -1.18. The number of nitrogens with zero attached hydrogens (tertiary/aromatic N) is 3. The lowest BCUT2D eigenvalue weighted by atomic mass is 9.89. The van der Waals surface area contributed by atoms with Crippen LogP contribution in [0.4, 0.5) is 0 Å². The molecule has 3 aliphatic rings. The summed E-state index contributed by atoms with van der Waals surface area (Å²) in [6, 6.07) is 2.23. The maximum absolute atomic E-state index is 13.1. The van der Waals surface area contributed by atoms with Gasteiger partial charge in [0.15, 0.2) is 0 Å². The Kier molecular flexibility index (Phi) is 5.56. The molecule has 29 heavy (non-hydrogen) atoms. The van der Waals surface area contributed by atoms with Crippen molar-refractivity contribution in [2.24, 2.45) is 11.8 Å². The van der Waals surface area contributed by atoms with Gasteiger partial charge < -0.3 is 4.57 Å². The van der Waals surface area contributed by atoms with Gasteiger partial charge in [0, 0.05) is 31.1 Å². The third kappa shape index (κ3) is 4.47. The molecule has 0 N–H and O–H groups in total. The van der Waals surface area contributed by atoms with E-state index in [1.165, 1.54) is 42.5 Å². The third-order valence-corrected chi connectivity index (χ3v) is 9.59. The number of thiophene rings is 1. The molecule has 0 aromatic carbocycles. The van der Waals surface area contributed by atoms with E-state index in [1.807, 2.05) is 17.5 Å². The van der Waals surface area contributed by atoms with Crippen LogP contribution >= 0.6 is 11.3 Å². The Bertz CT molecular complexity index is 953. The average Bonchev–Trinajstić information content (AvgIpc) is 3.23. The zero-order valence-corrected chi connectivity index (χ0v) is 18.7. The van der Waals surface area contributed by atoms with Gasteiger partial charge in [0.2, 0.25) is 15.0 Å². The lowest BCUT2D eigenvalue weighted by molar-refractivity contribution is 0.234. The summed E-state index contributed by atoms with van der Waals surface area (Å²) < 4.78 is 28.2. The fourth-order valence-corrected chi connectivity index (χ4v) is 7.66. The second kappa shape index (κ2) is 8.16. The summed E-state index contributed by atoms with van der Waals surface area (Å²) >= 11 is 1.86. The van der Waals surface area contributed by atoms with Gasteiger partial charge in [-0.15, -0.1) is 11.3 Å². The summed E-state index contributed by atoms with van der Waals surface area (Å²) in [6.07, 6.45) is 11.3. The number of hydrogen-bond acceptors (Lipinski definition) is 5. The first-order chi connectivity index (χ1) is 14.1. The van der Waals surface area contributed by atoms with Crippen LogP contribution in [-0.2, 0) is 35.9 Å². The Morgan fingerprint density at radius 3 is 2.72 bits per heavy atom.